The molecule has 4 aromatic heterocycles. The van der Waals surface area contributed by atoms with Gasteiger partial charge in [-0.15, -0.1) is 11.3 Å². The van der Waals surface area contributed by atoms with Crippen LogP contribution in [-0.4, -0.2) is 63.8 Å². The molecule has 0 saturated carbocycles. The van der Waals surface area contributed by atoms with Crippen molar-refractivity contribution >= 4 is 33.8 Å². The highest BCUT2D eigenvalue weighted by Gasteiger charge is 2.17. The molecule has 5 heterocycles. The highest BCUT2D eigenvalue weighted by Crippen LogP contribution is 2.25. The van der Waals surface area contributed by atoms with E-state index in [9.17, 15) is 4.79 Å². The topological polar surface area (TPSA) is 75.1 Å². The van der Waals surface area contributed by atoms with Gasteiger partial charge in [-0.3, -0.25) is 9.78 Å². The van der Waals surface area contributed by atoms with Gasteiger partial charge in [0.25, 0.3) is 0 Å². The quantitative estimate of drug-likeness (QED) is 0.435. The van der Waals surface area contributed by atoms with Crippen molar-refractivity contribution in [1.82, 2.24) is 24.8 Å². The molecule has 0 unspecified atom stereocenters. The highest BCUT2D eigenvalue weighted by molar-refractivity contribution is 7.14. The molecule has 0 aromatic carbocycles. The first-order valence-electron chi connectivity index (χ1n) is 10.7. The smallest absolute Gasteiger partial charge is 0.169 e. The Morgan fingerprint density at radius 3 is 2.66 bits per heavy atom. The highest BCUT2D eigenvalue weighted by atomic mass is 32.1. The zero-order valence-electron chi connectivity index (χ0n) is 18.2. The first-order chi connectivity index (χ1) is 15.5. The number of piperazine rings is 1. The fourth-order valence-electron chi connectivity index (χ4n) is 3.81. The Bertz CT molecular complexity index is 1280. The maximum atomic E-state index is 13.0. The number of pyridine rings is 3. The lowest BCUT2D eigenvalue weighted by Gasteiger charge is -2.33. The zero-order valence-corrected chi connectivity index (χ0v) is 19.0. The van der Waals surface area contributed by atoms with Crippen molar-refractivity contribution in [3.63, 3.8) is 0 Å². The maximum Gasteiger partial charge on any atom is 0.169 e. The number of hydrogen-bond acceptors (Lipinski definition) is 8. The van der Waals surface area contributed by atoms with Gasteiger partial charge in [-0.2, -0.15) is 0 Å². The SMILES string of the molecule is Cc1cnc(-c2ccc3cnc(CC(=O)c4ccnc(N5CCN(C)CC5)c4)cc3n2)s1. The number of thiazole rings is 1. The van der Waals surface area contributed by atoms with Gasteiger partial charge in [0.15, 0.2) is 5.78 Å². The van der Waals surface area contributed by atoms with Crippen molar-refractivity contribution in [1.29, 1.82) is 0 Å². The summed E-state index contributed by atoms with van der Waals surface area (Å²) in [4.78, 5) is 36.8. The summed E-state index contributed by atoms with van der Waals surface area (Å²) >= 11 is 1.62. The van der Waals surface area contributed by atoms with Gasteiger partial charge in [0.1, 0.15) is 10.8 Å². The molecular formula is C24H24N6OS. The number of likely N-dealkylation sites (N-methyl/N-ethyl adjacent to an activating group) is 1. The first kappa shape index (κ1) is 20.7. The summed E-state index contributed by atoms with van der Waals surface area (Å²) in [6, 6.07) is 9.54. The van der Waals surface area contributed by atoms with Crippen molar-refractivity contribution in [3.8, 4) is 10.7 Å². The number of ketones is 1. The maximum absolute atomic E-state index is 13.0. The lowest BCUT2D eigenvalue weighted by atomic mass is 10.1. The van der Waals surface area contributed by atoms with Gasteiger partial charge in [0.05, 0.1) is 23.3 Å². The lowest BCUT2D eigenvalue weighted by Crippen LogP contribution is -2.44. The molecule has 0 atom stereocenters. The van der Waals surface area contributed by atoms with E-state index in [1.165, 1.54) is 0 Å². The Morgan fingerprint density at radius 2 is 1.88 bits per heavy atom. The van der Waals surface area contributed by atoms with Crippen molar-refractivity contribution in [2.24, 2.45) is 0 Å². The van der Waals surface area contributed by atoms with Crippen LogP contribution in [0.3, 0.4) is 0 Å². The van der Waals surface area contributed by atoms with Crippen LogP contribution in [-0.2, 0) is 6.42 Å². The van der Waals surface area contributed by atoms with Crippen molar-refractivity contribution in [2.75, 3.05) is 38.1 Å². The third-order valence-corrected chi connectivity index (χ3v) is 6.64. The van der Waals surface area contributed by atoms with Crippen LogP contribution in [0.5, 0.6) is 0 Å². The molecule has 162 valence electrons. The van der Waals surface area contributed by atoms with Gasteiger partial charge in [-0.25, -0.2) is 15.0 Å². The molecule has 1 saturated heterocycles. The molecule has 5 rings (SSSR count). The number of anilines is 1. The van der Waals surface area contributed by atoms with Crippen molar-refractivity contribution < 1.29 is 4.79 Å². The Hall–Kier alpha value is -3.23. The lowest BCUT2D eigenvalue weighted by molar-refractivity contribution is 0.0992. The number of carbonyl (C=O) groups is 1. The van der Waals surface area contributed by atoms with Crippen LogP contribution >= 0.6 is 11.3 Å². The molecule has 4 aromatic rings. The molecule has 0 radical (unpaired) electrons. The summed E-state index contributed by atoms with van der Waals surface area (Å²) in [6.45, 7) is 5.86. The Morgan fingerprint density at radius 1 is 1.03 bits per heavy atom. The summed E-state index contributed by atoms with van der Waals surface area (Å²) in [7, 11) is 2.12. The standard InChI is InChI=1S/C24H24N6OS/c1-16-14-27-24(32-16)20-4-3-18-15-26-19(12-21(18)28-20)13-22(31)17-5-6-25-23(11-17)30-9-7-29(2)8-10-30/h3-6,11-12,14-15H,7-10,13H2,1-2H3. The predicted octanol–water partition coefficient (Wildman–Crippen LogP) is 3.63. The summed E-state index contributed by atoms with van der Waals surface area (Å²) in [5.41, 5.74) is 3.03. The molecule has 1 aliphatic rings. The number of nitrogens with zero attached hydrogens (tertiary/aromatic N) is 6. The van der Waals surface area contributed by atoms with Gasteiger partial charge in [-0.05, 0) is 44.3 Å². The van der Waals surface area contributed by atoms with Crippen LogP contribution in [0.15, 0.2) is 48.9 Å². The summed E-state index contributed by atoms with van der Waals surface area (Å²) in [5, 5.41) is 1.84. The molecular weight excluding hydrogens is 420 g/mol. The fraction of sp³-hybridized carbons (Fsp3) is 0.292. The van der Waals surface area contributed by atoms with Crippen LogP contribution in [0, 0.1) is 6.92 Å². The van der Waals surface area contributed by atoms with E-state index in [2.05, 4.69) is 31.8 Å². The van der Waals surface area contributed by atoms with Gasteiger partial charge in [-0.1, -0.05) is 0 Å². The number of aromatic nitrogens is 4. The van der Waals surface area contributed by atoms with Gasteiger partial charge in [0, 0.05) is 60.6 Å². The number of rotatable bonds is 5. The van der Waals surface area contributed by atoms with Crippen LogP contribution in [0.2, 0.25) is 0 Å². The number of carbonyl (C=O) groups excluding carboxylic acids is 1. The second-order valence-corrected chi connectivity index (χ2v) is 9.37. The van der Waals surface area contributed by atoms with Crippen molar-refractivity contribution in [3.05, 3.63) is 65.1 Å². The minimum Gasteiger partial charge on any atom is -0.354 e. The number of hydrogen-bond donors (Lipinski definition) is 0. The van der Waals surface area contributed by atoms with Crippen LogP contribution in [0.25, 0.3) is 21.6 Å². The molecule has 1 fully saturated rings. The van der Waals surface area contributed by atoms with Gasteiger partial charge in [0.2, 0.25) is 0 Å². The van der Waals surface area contributed by atoms with Crippen LogP contribution in [0.4, 0.5) is 5.82 Å². The monoisotopic (exact) mass is 444 g/mol. The second kappa shape index (κ2) is 8.72. The summed E-state index contributed by atoms with van der Waals surface area (Å²) in [5.74, 6) is 0.891. The molecule has 8 heteroatoms. The fourth-order valence-corrected chi connectivity index (χ4v) is 4.55. The largest absolute Gasteiger partial charge is 0.354 e. The van der Waals surface area contributed by atoms with Crippen LogP contribution in [0.1, 0.15) is 20.9 Å². The predicted molar refractivity (Wildman–Crippen MR) is 127 cm³/mol. The number of aryl methyl sites for hydroxylation is 1. The molecule has 7 nitrogen and oxygen atoms in total. The van der Waals surface area contributed by atoms with E-state index in [0.717, 1.165) is 58.5 Å². The minimum atomic E-state index is 0.0290. The molecule has 0 spiro atoms. The molecule has 0 bridgehead atoms. The summed E-state index contributed by atoms with van der Waals surface area (Å²) in [6.07, 6.45) is 5.58. The minimum absolute atomic E-state index is 0.0290. The second-order valence-electron chi connectivity index (χ2n) is 8.13. The molecule has 32 heavy (non-hydrogen) atoms. The number of fused-ring (bicyclic) bond motifs is 1. The molecule has 0 aliphatic carbocycles. The van der Waals surface area contributed by atoms with Gasteiger partial charge >= 0.3 is 0 Å². The Labute approximate surface area is 190 Å². The Kier molecular flexibility index (Phi) is 5.63. The van der Waals surface area contributed by atoms with E-state index in [1.807, 2.05) is 37.4 Å². The first-order valence-corrected chi connectivity index (χ1v) is 11.5. The van der Waals surface area contributed by atoms with E-state index in [0.29, 0.717) is 11.3 Å². The average molecular weight is 445 g/mol. The van der Waals surface area contributed by atoms with E-state index < -0.39 is 0 Å². The third-order valence-electron chi connectivity index (χ3n) is 5.71. The molecule has 0 N–H and O–H groups in total. The molecule has 0 amide bonds. The van der Waals surface area contributed by atoms with E-state index in [-0.39, 0.29) is 12.2 Å². The zero-order chi connectivity index (χ0) is 22.1. The normalized spacial score (nSPS) is 14.8. The van der Waals surface area contributed by atoms with Crippen LogP contribution < -0.4 is 4.90 Å². The van der Waals surface area contributed by atoms with E-state index in [1.54, 1.807) is 29.8 Å². The van der Waals surface area contributed by atoms with Crippen molar-refractivity contribution in [2.45, 2.75) is 13.3 Å². The Balaban J connectivity index is 1.36. The van der Waals surface area contributed by atoms with E-state index >= 15 is 0 Å². The summed E-state index contributed by atoms with van der Waals surface area (Å²) < 4.78 is 0. The third kappa shape index (κ3) is 4.37. The van der Waals surface area contributed by atoms with Gasteiger partial charge < -0.3 is 9.80 Å². The number of Topliss-reactive ketones (excluding diaryl/α,β-unsaturated/α-hetero) is 1. The van der Waals surface area contributed by atoms with E-state index in [4.69, 9.17) is 4.98 Å². The average Bonchev–Trinajstić information content (AvgIpc) is 3.25. The molecule has 1 aliphatic heterocycles.